The minimum atomic E-state index is 0. The lowest BCUT2D eigenvalue weighted by atomic mass is 10.1. The van der Waals surface area contributed by atoms with Crippen LogP contribution in [0.25, 0.3) is 11.2 Å². The van der Waals surface area contributed by atoms with Crippen LogP contribution in [0.15, 0.2) is 18.5 Å². The van der Waals surface area contributed by atoms with Crippen LogP contribution in [0, 0.1) is 5.92 Å². The maximum Gasteiger partial charge on any atom is 0.224 e. The Balaban J connectivity index is 0.000000960. The number of allylic oxidation sites excluding steroid dienone is 1. The number of fused-ring (bicyclic) bond motifs is 1. The first-order chi connectivity index (χ1) is 10.2. The number of aliphatic hydroxyl groups is 1. The molecule has 1 fully saturated rings. The molecule has 2 aliphatic carbocycles. The lowest BCUT2D eigenvalue weighted by Gasteiger charge is -2.13. The smallest absolute Gasteiger partial charge is 0.224 e. The monoisotopic (exact) mass is 464 g/mol. The SMILES string of the molecule is Br.Br.Nc1nc(NC2CC2)c2ncn([C@H]3C=C[C@@H](CO)C3)c2n1.O. The van der Waals surface area contributed by atoms with Crippen molar-refractivity contribution in [1.29, 1.82) is 0 Å². The largest absolute Gasteiger partial charge is 0.412 e. The maximum absolute atomic E-state index is 9.26. The number of nitrogens with one attached hydrogen (secondary N) is 1. The van der Waals surface area contributed by atoms with Gasteiger partial charge in [-0.25, -0.2) is 4.98 Å². The summed E-state index contributed by atoms with van der Waals surface area (Å²) in [6.07, 6.45) is 9.10. The number of halogens is 2. The molecule has 0 radical (unpaired) electrons. The third-order valence-electron chi connectivity index (χ3n) is 4.10. The van der Waals surface area contributed by atoms with Crippen LogP contribution in [-0.4, -0.2) is 42.8 Å². The molecule has 8 nitrogen and oxygen atoms in total. The molecule has 2 aromatic rings. The van der Waals surface area contributed by atoms with Gasteiger partial charge in [0.25, 0.3) is 0 Å². The molecule has 2 heterocycles. The second kappa shape index (κ2) is 8.24. The highest BCUT2D eigenvalue weighted by atomic mass is 79.9. The summed E-state index contributed by atoms with van der Waals surface area (Å²) in [5, 5.41) is 12.6. The predicted molar refractivity (Wildman–Crippen MR) is 104 cm³/mol. The molecule has 2 atom stereocenters. The summed E-state index contributed by atoms with van der Waals surface area (Å²) >= 11 is 0. The van der Waals surface area contributed by atoms with Gasteiger partial charge in [0.1, 0.15) is 0 Å². The van der Waals surface area contributed by atoms with Crippen molar-refractivity contribution in [3.63, 3.8) is 0 Å². The Morgan fingerprint density at radius 1 is 1.25 bits per heavy atom. The Morgan fingerprint density at radius 3 is 2.62 bits per heavy atom. The first kappa shape index (κ1) is 20.8. The lowest BCUT2D eigenvalue weighted by Crippen LogP contribution is -2.10. The van der Waals surface area contributed by atoms with Gasteiger partial charge in [0.2, 0.25) is 5.95 Å². The Morgan fingerprint density at radius 2 is 2.00 bits per heavy atom. The van der Waals surface area contributed by atoms with Gasteiger partial charge in [0, 0.05) is 18.6 Å². The number of aromatic nitrogens is 4. The first-order valence-corrected chi connectivity index (χ1v) is 7.30. The van der Waals surface area contributed by atoms with Crippen molar-refractivity contribution in [2.45, 2.75) is 31.3 Å². The highest BCUT2D eigenvalue weighted by Gasteiger charge is 2.26. The predicted octanol–water partition coefficient (Wildman–Crippen LogP) is 1.42. The van der Waals surface area contributed by atoms with Crippen LogP contribution >= 0.6 is 34.0 Å². The zero-order valence-corrected chi connectivity index (χ0v) is 16.3. The molecular formula is C14H22Br2N6O2. The summed E-state index contributed by atoms with van der Waals surface area (Å²) in [6, 6.07) is 0.646. The van der Waals surface area contributed by atoms with Crippen molar-refractivity contribution < 1.29 is 10.6 Å². The highest BCUT2D eigenvalue weighted by Crippen LogP contribution is 2.32. The molecule has 0 amide bonds. The van der Waals surface area contributed by atoms with E-state index < -0.39 is 0 Å². The van der Waals surface area contributed by atoms with E-state index in [-0.39, 0.29) is 64.0 Å². The summed E-state index contributed by atoms with van der Waals surface area (Å²) in [6.45, 7) is 0.172. The summed E-state index contributed by atoms with van der Waals surface area (Å²) in [5.41, 5.74) is 7.35. The first-order valence-electron chi connectivity index (χ1n) is 7.30. The van der Waals surface area contributed by atoms with Crippen LogP contribution in [0.3, 0.4) is 0 Å². The minimum absolute atomic E-state index is 0. The molecule has 134 valence electrons. The van der Waals surface area contributed by atoms with Crippen LogP contribution in [0.5, 0.6) is 0 Å². The topological polar surface area (TPSA) is 133 Å². The zero-order valence-electron chi connectivity index (χ0n) is 12.9. The van der Waals surface area contributed by atoms with Gasteiger partial charge in [-0.15, -0.1) is 34.0 Å². The summed E-state index contributed by atoms with van der Waals surface area (Å²) in [7, 11) is 0. The molecule has 0 aliphatic heterocycles. The minimum Gasteiger partial charge on any atom is -0.412 e. The molecule has 0 bridgehead atoms. The van der Waals surface area contributed by atoms with E-state index in [4.69, 9.17) is 5.73 Å². The van der Waals surface area contributed by atoms with Crippen molar-refractivity contribution >= 4 is 56.9 Å². The Hall–Kier alpha value is -1.23. The number of imidazole rings is 1. The molecule has 0 spiro atoms. The third-order valence-corrected chi connectivity index (χ3v) is 4.10. The average molecular weight is 466 g/mol. The molecule has 2 aromatic heterocycles. The van der Waals surface area contributed by atoms with E-state index in [1.165, 1.54) is 0 Å². The van der Waals surface area contributed by atoms with Gasteiger partial charge in [0.15, 0.2) is 17.0 Å². The molecule has 6 N–H and O–H groups in total. The second-order valence-electron chi connectivity index (χ2n) is 5.80. The van der Waals surface area contributed by atoms with Crippen LogP contribution in [-0.2, 0) is 0 Å². The van der Waals surface area contributed by atoms with E-state index in [0.29, 0.717) is 6.04 Å². The van der Waals surface area contributed by atoms with Gasteiger partial charge in [-0.2, -0.15) is 9.97 Å². The van der Waals surface area contributed by atoms with Crippen LogP contribution in [0.2, 0.25) is 0 Å². The molecule has 4 rings (SSSR count). The van der Waals surface area contributed by atoms with E-state index in [0.717, 1.165) is 36.2 Å². The fourth-order valence-corrected chi connectivity index (χ4v) is 2.79. The number of rotatable bonds is 4. The molecule has 24 heavy (non-hydrogen) atoms. The van der Waals surface area contributed by atoms with Crippen LogP contribution in [0.4, 0.5) is 11.8 Å². The van der Waals surface area contributed by atoms with E-state index >= 15 is 0 Å². The van der Waals surface area contributed by atoms with Crippen molar-refractivity contribution in [3.8, 4) is 0 Å². The van der Waals surface area contributed by atoms with E-state index in [1.54, 1.807) is 6.33 Å². The lowest BCUT2D eigenvalue weighted by molar-refractivity contribution is 0.244. The zero-order chi connectivity index (χ0) is 14.4. The highest BCUT2D eigenvalue weighted by molar-refractivity contribution is 8.93. The van der Waals surface area contributed by atoms with Crippen LogP contribution in [0.1, 0.15) is 25.3 Å². The Bertz CT molecular complexity index is 719. The van der Waals surface area contributed by atoms with Gasteiger partial charge in [-0.1, -0.05) is 12.2 Å². The van der Waals surface area contributed by atoms with Crippen LogP contribution < -0.4 is 11.1 Å². The fourth-order valence-electron chi connectivity index (χ4n) is 2.79. The van der Waals surface area contributed by atoms with E-state index in [2.05, 4.69) is 26.3 Å². The van der Waals surface area contributed by atoms with E-state index in [9.17, 15) is 5.11 Å². The number of aliphatic hydroxyl groups excluding tert-OH is 1. The number of anilines is 2. The van der Waals surface area contributed by atoms with Gasteiger partial charge < -0.3 is 26.2 Å². The molecule has 0 saturated heterocycles. The normalized spacial score (nSPS) is 21.7. The van der Waals surface area contributed by atoms with Gasteiger partial charge in [0.05, 0.1) is 12.4 Å². The summed E-state index contributed by atoms with van der Waals surface area (Å²) in [4.78, 5) is 13.1. The number of nitrogens with zero attached hydrogens (tertiary/aromatic N) is 4. The quantitative estimate of drug-likeness (QED) is 0.584. The van der Waals surface area contributed by atoms with E-state index in [1.807, 2.05) is 10.6 Å². The van der Waals surface area contributed by atoms with Gasteiger partial charge >= 0.3 is 0 Å². The number of nitrogens with two attached hydrogens (primary N) is 1. The fraction of sp³-hybridized carbons (Fsp3) is 0.500. The Kier molecular flexibility index (Phi) is 7.14. The number of hydrogen-bond acceptors (Lipinski definition) is 6. The van der Waals surface area contributed by atoms with Gasteiger partial charge in [-0.3, -0.25) is 0 Å². The Labute approximate surface area is 160 Å². The van der Waals surface area contributed by atoms with Crippen molar-refractivity contribution in [1.82, 2.24) is 19.5 Å². The maximum atomic E-state index is 9.26. The summed E-state index contributed by atoms with van der Waals surface area (Å²) in [5.74, 6) is 1.18. The van der Waals surface area contributed by atoms with Gasteiger partial charge in [-0.05, 0) is 19.3 Å². The molecule has 0 aromatic carbocycles. The second-order valence-corrected chi connectivity index (χ2v) is 5.80. The third kappa shape index (κ3) is 3.88. The molecular weight excluding hydrogens is 444 g/mol. The molecule has 10 heteroatoms. The van der Waals surface area contributed by atoms with Crippen molar-refractivity contribution in [2.24, 2.45) is 5.92 Å². The number of hydrogen-bond donors (Lipinski definition) is 3. The average Bonchev–Trinajstić information content (AvgIpc) is 3.01. The molecule has 0 unspecified atom stereocenters. The summed E-state index contributed by atoms with van der Waals surface area (Å²) < 4.78 is 2.01. The number of nitrogen functional groups attached to an aromatic ring is 1. The van der Waals surface area contributed by atoms with Crippen molar-refractivity contribution in [3.05, 3.63) is 18.5 Å². The standard InChI is InChI=1S/C14H18N6O.2BrH.H2O/c15-14-18-12(17-9-2-3-9)11-13(19-14)20(7-16-11)10-4-1-8(5-10)6-21;;;/h1,4,7-10,21H,2-3,5-6H2,(H3,15,17,18,19);2*1H;1H2/t8-,10+;;;/m1.../s1. The van der Waals surface area contributed by atoms with Crippen molar-refractivity contribution in [2.75, 3.05) is 17.7 Å². The molecule has 2 aliphatic rings. The molecule has 1 saturated carbocycles.